The zero-order valence-corrected chi connectivity index (χ0v) is 10.7. The summed E-state index contributed by atoms with van der Waals surface area (Å²) in [5.41, 5.74) is 1.11. The molecule has 0 saturated carbocycles. The summed E-state index contributed by atoms with van der Waals surface area (Å²) in [5, 5.41) is 3.75. The minimum absolute atomic E-state index is 0.0832. The van der Waals surface area contributed by atoms with Gasteiger partial charge in [0.05, 0.1) is 12.2 Å². The van der Waals surface area contributed by atoms with Crippen LogP contribution in [0.2, 0.25) is 5.02 Å². The second-order valence-corrected chi connectivity index (χ2v) is 4.36. The molecular formula is C12H14ClN3O. The molecule has 0 amide bonds. The Morgan fingerprint density at radius 2 is 2.18 bits per heavy atom. The highest BCUT2D eigenvalue weighted by atomic mass is 35.5. The fourth-order valence-corrected chi connectivity index (χ4v) is 1.94. The van der Waals surface area contributed by atoms with Crippen LogP contribution >= 0.6 is 11.6 Å². The molecule has 0 spiro atoms. The van der Waals surface area contributed by atoms with Crippen molar-refractivity contribution in [1.29, 1.82) is 0 Å². The van der Waals surface area contributed by atoms with Gasteiger partial charge in [0.2, 0.25) is 0 Å². The lowest BCUT2D eigenvalue weighted by Gasteiger charge is -2.14. The molecule has 1 unspecified atom stereocenters. The standard InChI is InChI=1S/C12H14ClN3O/c1-7-4-10(9(3)17-7)8(2)16-12-11(13)5-14-6-15-12/h4-6,8H,1-3H3,(H,14,15,16). The molecule has 0 radical (unpaired) electrons. The van der Waals surface area contributed by atoms with E-state index in [9.17, 15) is 0 Å². The summed E-state index contributed by atoms with van der Waals surface area (Å²) in [5.74, 6) is 2.44. The average Bonchev–Trinajstić information content (AvgIpc) is 2.61. The average molecular weight is 252 g/mol. The maximum absolute atomic E-state index is 5.99. The van der Waals surface area contributed by atoms with Crippen molar-refractivity contribution < 1.29 is 4.42 Å². The molecular weight excluding hydrogens is 238 g/mol. The van der Waals surface area contributed by atoms with Gasteiger partial charge in [0.15, 0.2) is 0 Å². The Balaban J connectivity index is 2.20. The Morgan fingerprint density at radius 3 is 2.76 bits per heavy atom. The minimum Gasteiger partial charge on any atom is -0.466 e. The maximum atomic E-state index is 5.99. The first kappa shape index (κ1) is 11.9. The fourth-order valence-electron chi connectivity index (χ4n) is 1.78. The molecule has 4 nitrogen and oxygen atoms in total. The largest absolute Gasteiger partial charge is 0.466 e. The zero-order valence-electron chi connectivity index (χ0n) is 9.99. The smallest absolute Gasteiger partial charge is 0.148 e. The number of rotatable bonds is 3. The Hall–Kier alpha value is -1.55. The van der Waals surface area contributed by atoms with Crippen LogP contribution in [0.3, 0.4) is 0 Å². The number of hydrogen-bond donors (Lipinski definition) is 1. The van der Waals surface area contributed by atoms with Crippen molar-refractivity contribution in [2.75, 3.05) is 5.32 Å². The van der Waals surface area contributed by atoms with Gasteiger partial charge in [0.25, 0.3) is 0 Å². The fraction of sp³-hybridized carbons (Fsp3) is 0.333. The maximum Gasteiger partial charge on any atom is 0.148 e. The van der Waals surface area contributed by atoms with E-state index in [1.807, 2.05) is 26.8 Å². The van der Waals surface area contributed by atoms with Crippen molar-refractivity contribution in [3.63, 3.8) is 0 Å². The van der Waals surface area contributed by atoms with Crippen LogP contribution in [0.4, 0.5) is 5.82 Å². The van der Waals surface area contributed by atoms with Gasteiger partial charge in [-0.25, -0.2) is 9.97 Å². The molecule has 0 aliphatic rings. The Kier molecular flexibility index (Phi) is 3.33. The van der Waals surface area contributed by atoms with Crippen LogP contribution in [0.15, 0.2) is 23.0 Å². The molecule has 0 aliphatic carbocycles. The zero-order chi connectivity index (χ0) is 12.4. The van der Waals surface area contributed by atoms with E-state index in [-0.39, 0.29) is 6.04 Å². The van der Waals surface area contributed by atoms with Crippen molar-refractivity contribution in [1.82, 2.24) is 9.97 Å². The predicted octanol–water partition coefficient (Wildman–Crippen LogP) is 3.51. The Labute approximate surface area is 105 Å². The molecule has 0 aliphatic heterocycles. The van der Waals surface area contributed by atoms with Crippen molar-refractivity contribution in [2.24, 2.45) is 0 Å². The number of nitrogens with one attached hydrogen (secondary N) is 1. The molecule has 0 bridgehead atoms. The van der Waals surface area contributed by atoms with Crippen LogP contribution in [-0.2, 0) is 0 Å². The second-order valence-electron chi connectivity index (χ2n) is 3.95. The highest BCUT2D eigenvalue weighted by Gasteiger charge is 2.14. The molecule has 5 heteroatoms. The third-order valence-electron chi connectivity index (χ3n) is 2.57. The van der Waals surface area contributed by atoms with E-state index in [4.69, 9.17) is 16.0 Å². The molecule has 2 aromatic heterocycles. The Bertz CT molecular complexity index is 524. The van der Waals surface area contributed by atoms with E-state index < -0.39 is 0 Å². The van der Waals surface area contributed by atoms with Gasteiger partial charge in [-0.15, -0.1) is 0 Å². The van der Waals surface area contributed by atoms with Gasteiger partial charge < -0.3 is 9.73 Å². The van der Waals surface area contributed by atoms with Crippen LogP contribution in [0.25, 0.3) is 0 Å². The molecule has 0 fully saturated rings. The quantitative estimate of drug-likeness (QED) is 0.907. The monoisotopic (exact) mass is 251 g/mol. The van der Waals surface area contributed by atoms with Gasteiger partial charge in [-0.2, -0.15) is 0 Å². The van der Waals surface area contributed by atoms with Crippen molar-refractivity contribution >= 4 is 17.4 Å². The molecule has 1 N–H and O–H groups in total. The van der Waals surface area contributed by atoms with E-state index in [0.717, 1.165) is 17.1 Å². The first-order chi connectivity index (χ1) is 8.08. The summed E-state index contributed by atoms with van der Waals surface area (Å²) < 4.78 is 5.50. The lowest BCUT2D eigenvalue weighted by Crippen LogP contribution is -2.08. The number of nitrogens with zero attached hydrogens (tertiary/aromatic N) is 2. The SMILES string of the molecule is Cc1cc(C(C)Nc2ncncc2Cl)c(C)o1. The van der Waals surface area contributed by atoms with Gasteiger partial charge in [-0.1, -0.05) is 11.6 Å². The summed E-state index contributed by atoms with van der Waals surface area (Å²) in [6, 6.07) is 2.10. The molecule has 90 valence electrons. The third-order valence-corrected chi connectivity index (χ3v) is 2.84. The summed E-state index contributed by atoms with van der Waals surface area (Å²) in [4.78, 5) is 7.94. The normalized spacial score (nSPS) is 12.5. The van der Waals surface area contributed by atoms with Crippen LogP contribution in [0.1, 0.15) is 30.0 Å². The third kappa shape index (κ3) is 2.58. The van der Waals surface area contributed by atoms with Crippen LogP contribution in [-0.4, -0.2) is 9.97 Å². The van der Waals surface area contributed by atoms with E-state index in [0.29, 0.717) is 10.8 Å². The van der Waals surface area contributed by atoms with E-state index in [1.165, 1.54) is 6.33 Å². The molecule has 1 atom stereocenters. The number of aromatic nitrogens is 2. The lowest BCUT2D eigenvalue weighted by molar-refractivity contribution is 0.500. The summed E-state index contributed by atoms with van der Waals surface area (Å²) in [6.45, 7) is 5.92. The van der Waals surface area contributed by atoms with Gasteiger partial charge in [-0.05, 0) is 26.8 Å². The minimum atomic E-state index is 0.0832. The number of halogens is 1. The predicted molar refractivity (Wildman–Crippen MR) is 67.3 cm³/mol. The molecule has 0 saturated heterocycles. The molecule has 2 aromatic rings. The molecule has 2 heterocycles. The second kappa shape index (κ2) is 4.75. The van der Waals surface area contributed by atoms with Gasteiger partial charge in [-0.3, -0.25) is 0 Å². The van der Waals surface area contributed by atoms with E-state index in [1.54, 1.807) is 6.20 Å². The molecule has 2 rings (SSSR count). The van der Waals surface area contributed by atoms with Gasteiger partial charge in [0, 0.05) is 5.56 Å². The summed E-state index contributed by atoms with van der Waals surface area (Å²) >= 11 is 5.99. The number of anilines is 1. The number of hydrogen-bond acceptors (Lipinski definition) is 4. The van der Waals surface area contributed by atoms with Crippen molar-refractivity contribution in [3.8, 4) is 0 Å². The van der Waals surface area contributed by atoms with Crippen LogP contribution < -0.4 is 5.32 Å². The van der Waals surface area contributed by atoms with Gasteiger partial charge in [0.1, 0.15) is 28.7 Å². The highest BCUT2D eigenvalue weighted by molar-refractivity contribution is 6.32. The highest BCUT2D eigenvalue weighted by Crippen LogP contribution is 2.26. The van der Waals surface area contributed by atoms with Crippen molar-refractivity contribution in [2.45, 2.75) is 26.8 Å². The number of furan rings is 1. The van der Waals surface area contributed by atoms with E-state index in [2.05, 4.69) is 15.3 Å². The van der Waals surface area contributed by atoms with Crippen LogP contribution in [0.5, 0.6) is 0 Å². The lowest BCUT2D eigenvalue weighted by atomic mass is 10.1. The molecule has 0 aromatic carbocycles. The summed E-state index contributed by atoms with van der Waals surface area (Å²) in [7, 11) is 0. The Morgan fingerprint density at radius 1 is 1.41 bits per heavy atom. The van der Waals surface area contributed by atoms with Crippen molar-refractivity contribution in [3.05, 3.63) is 40.7 Å². The van der Waals surface area contributed by atoms with E-state index >= 15 is 0 Å². The first-order valence-corrected chi connectivity index (χ1v) is 5.74. The summed E-state index contributed by atoms with van der Waals surface area (Å²) in [6.07, 6.45) is 3.03. The topological polar surface area (TPSA) is 51.0 Å². The number of aryl methyl sites for hydroxylation is 2. The van der Waals surface area contributed by atoms with Gasteiger partial charge >= 0.3 is 0 Å². The van der Waals surface area contributed by atoms with Crippen LogP contribution in [0, 0.1) is 13.8 Å². The molecule has 17 heavy (non-hydrogen) atoms. The first-order valence-electron chi connectivity index (χ1n) is 5.37.